The van der Waals surface area contributed by atoms with E-state index in [-0.39, 0.29) is 23.1 Å². The van der Waals surface area contributed by atoms with Gasteiger partial charge in [0.05, 0.1) is 33.4 Å². The van der Waals surface area contributed by atoms with Crippen LogP contribution in [0.2, 0.25) is 0 Å². The monoisotopic (exact) mass is 707 g/mol. The van der Waals surface area contributed by atoms with Crippen molar-refractivity contribution in [3.8, 4) is 11.8 Å². The molecule has 1 N–H and O–H groups in total. The zero-order valence-corrected chi connectivity index (χ0v) is 28.6. The number of non-ortho nitro benzene ring substituents is 1. The van der Waals surface area contributed by atoms with Gasteiger partial charge in [-0.1, -0.05) is 56.7 Å². The molecule has 1 aliphatic rings. The fourth-order valence-electron chi connectivity index (χ4n) is 4.36. The number of β-lactam (4-membered cyclic amide) rings is 1. The number of esters is 1. The van der Waals surface area contributed by atoms with Crippen molar-refractivity contribution >= 4 is 63.1 Å². The smallest absolute Gasteiger partial charge is 0.359 e. The molecule has 1 saturated heterocycles. The largest absolute Gasteiger partial charge is 0.456 e. The van der Waals surface area contributed by atoms with E-state index in [2.05, 4.69) is 6.07 Å². The summed E-state index contributed by atoms with van der Waals surface area (Å²) < 4.78 is 11.6. The number of nitriles is 1. The van der Waals surface area contributed by atoms with Crippen molar-refractivity contribution < 1.29 is 33.9 Å². The fraction of sp³-hybridized carbons (Fsp3) is 0.265. The fourth-order valence-corrected chi connectivity index (χ4v) is 6.03. The number of benzene rings is 3. The lowest BCUT2D eigenvalue weighted by Gasteiger charge is -2.45. The van der Waals surface area contributed by atoms with E-state index in [1.54, 1.807) is 69.3 Å². The number of ether oxygens (including phenoxy) is 2. The Kier molecular flexibility index (Phi) is 11.4. The highest BCUT2D eigenvalue weighted by molar-refractivity contribution is 8.16. The Hall–Kier alpha value is -4.61. The number of aliphatic hydroxyl groups is 1. The number of alkyl halides is 1. The molecule has 14 heteroatoms. The van der Waals surface area contributed by atoms with Crippen LogP contribution in [0, 0.1) is 32.8 Å². The van der Waals surface area contributed by atoms with Crippen molar-refractivity contribution in [3.05, 3.63) is 116 Å². The Morgan fingerprint density at radius 1 is 1.08 bits per heavy atom. The third-order valence-electron chi connectivity index (χ3n) is 7.13. The van der Waals surface area contributed by atoms with Gasteiger partial charge in [-0.05, 0) is 83.9 Å². The zero-order valence-electron chi connectivity index (χ0n) is 26.2. The maximum atomic E-state index is 13.8. The number of thioether (sulfide) groups is 1. The van der Waals surface area contributed by atoms with Crippen molar-refractivity contribution in [2.24, 2.45) is 11.3 Å². The number of hydrogen-bond donors (Lipinski definition) is 1. The maximum absolute atomic E-state index is 13.8. The normalized spacial score (nSPS) is 16.9. The average molecular weight is 708 g/mol. The number of thiocarbonyl (C=S) groups is 1. The molecule has 4 rings (SSSR count). The Bertz CT molecular complexity index is 1810. The molecular weight excluding hydrogens is 678 g/mol. The number of carbonyl (C=O) groups excluding carboxylic acids is 3. The molecule has 1 fully saturated rings. The summed E-state index contributed by atoms with van der Waals surface area (Å²) in [5.74, 6) is -2.58. The van der Waals surface area contributed by atoms with E-state index in [0.29, 0.717) is 33.3 Å². The number of likely N-dealkylation sites (tertiary alicyclic amines) is 1. The van der Waals surface area contributed by atoms with Crippen molar-refractivity contribution in [2.75, 3.05) is 0 Å². The first-order valence-electron chi connectivity index (χ1n) is 14.5. The average Bonchev–Trinajstić information content (AvgIpc) is 3.05. The number of rotatable bonds is 11. The number of nitro groups is 1. The van der Waals surface area contributed by atoms with Gasteiger partial charge >= 0.3 is 5.97 Å². The molecule has 0 saturated carbocycles. The number of carbonyl (C=O) groups is 3. The predicted octanol–water partition coefficient (Wildman–Crippen LogP) is 6.23. The van der Waals surface area contributed by atoms with Crippen LogP contribution in [0.4, 0.5) is 5.69 Å². The van der Waals surface area contributed by atoms with Gasteiger partial charge in [-0.3, -0.25) is 24.6 Å². The number of aliphatic hydroxyl groups excluding tert-OH is 1. The first-order valence-corrected chi connectivity index (χ1v) is 16.1. The van der Waals surface area contributed by atoms with Crippen LogP contribution >= 0.6 is 35.6 Å². The van der Waals surface area contributed by atoms with Gasteiger partial charge in [0, 0.05) is 17.5 Å². The molecule has 0 spiro atoms. The Morgan fingerprint density at radius 2 is 1.65 bits per heavy atom. The van der Waals surface area contributed by atoms with Gasteiger partial charge in [-0.15, -0.1) is 0 Å². The number of nitro benzene ring substituents is 1. The van der Waals surface area contributed by atoms with Crippen LogP contribution in [0.1, 0.15) is 49.9 Å². The van der Waals surface area contributed by atoms with E-state index in [1.165, 1.54) is 31.2 Å². The van der Waals surface area contributed by atoms with Crippen LogP contribution in [0.5, 0.6) is 5.75 Å². The summed E-state index contributed by atoms with van der Waals surface area (Å²) in [6, 6.07) is 20.7. The van der Waals surface area contributed by atoms with Gasteiger partial charge in [-0.2, -0.15) is 5.26 Å². The van der Waals surface area contributed by atoms with Gasteiger partial charge < -0.3 is 14.6 Å². The number of nitrogens with zero attached hydrogens (tertiary/aromatic N) is 3. The number of hydrogen-bond acceptors (Lipinski definition) is 11. The van der Waals surface area contributed by atoms with Gasteiger partial charge in [0.1, 0.15) is 17.9 Å². The quantitative estimate of drug-likeness (QED) is 0.0230. The molecule has 3 aromatic rings. The van der Waals surface area contributed by atoms with Gasteiger partial charge in [-0.25, -0.2) is 4.79 Å². The lowest BCUT2D eigenvalue weighted by atomic mass is 9.92. The molecule has 0 aromatic heterocycles. The summed E-state index contributed by atoms with van der Waals surface area (Å²) in [6.07, 6.45) is -1.13. The van der Waals surface area contributed by atoms with Crippen molar-refractivity contribution in [3.63, 3.8) is 0 Å². The number of halogens is 1. The highest BCUT2D eigenvalue weighted by Gasteiger charge is 2.53. The highest BCUT2D eigenvalue weighted by atomic mass is 35.5. The second-order valence-corrected chi connectivity index (χ2v) is 13.6. The molecule has 0 radical (unpaired) electrons. The summed E-state index contributed by atoms with van der Waals surface area (Å²) >= 11 is 12.7. The molecular formula is C34H30ClN3O8S2. The van der Waals surface area contributed by atoms with Crippen molar-refractivity contribution in [1.29, 1.82) is 5.26 Å². The summed E-state index contributed by atoms with van der Waals surface area (Å²) in [4.78, 5) is 52.2. The first-order chi connectivity index (χ1) is 22.6. The topological polar surface area (TPSA) is 160 Å². The summed E-state index contributed by atoms with van der Waals surface area (Å²) in [7, 11) is 0. The Labute approximate surface area is 291 Å². The molecule has 0 aliphatic carbocycles. The number of amides is 1. The maximum Gasteiger partial charge on any atom is 0.359 e. The molecule has 1 aliphatic heterocycles. The van der Waals surface area contributed by atoms with Crippen LogP contribution in [0.25, 0.3) is 0 Å². The van der Waals surface area contributed by atoms with E-state index in [4.69, 9.17) is 38.6 Å². The first kappa shape index (κ1) is 36.2. The second-order valence-electron chi connectivity index (χ2n) is 11.8. The molecule has 0 unspecified atom stereocenters. The van der Waals surface area contributed by atoms with Crippen LogP contribution in [0.15, 0.2) is 83.6 Å². The van der Waals surface area contributed by atoms with Crippen LogP contribution in [0.3, 0.4) is 0 Å². The van der Waals surface area contributed by atoms with E-state index in [9.17, 15) is 29.6 Å². The summed E-state index contributed by atoms with van der Waals surface area (Å²) in [5, 5.41) is 29.6. The highest BCUT2D eigenvalue weighted by Crippen LogP contribution is 2.41. The molecule has 48 heavy (non-hydrogen) atoms. The lowest BCUT2D eigenvalue weighted by molar-refractivity contribution is -0.384. The second kappa shape index (κ2) is 15.1. The minimum Gasteiger partial charge on any atom is -0.456 e. The van der Waals surface area contributed by atoms with Gasteiger partial charge in [0.25, 0.3) is 5.69 Å². The van der Waals surface area contributed by atoms with Crippen molar-refractivity contribution in [2.45, 2.75) is 45.9 Å². The molecule has 1 amide bonds. The van der Waals surface area contributed by atoms with Gasteiger partial charge in [0.15, 0.2) is 10.8 Å². The van der Waals surface area contributed by atoms with Crippen LogP contribution in [-0.2, 0) is 25.7 Å². The molecule has 11 nitrogen and oxygen atoms in total. The molecule has 3 aromatic carbocycles. The Morgan fingerprint density at radius 3 is 2.12 bits per heavy atom. The summed E-state index contributed by atoms with van der Waals surface area (Å²) in [6.45, 7) is 6.09. The van der Waals surface area contributed by atoms with E-state index < -0.39 is 50.5 Å². The molecule has 3 atom stereocenters. The van der Waals surface area contributed by atoms with E-state index in [0.717, 1.165) is 10.5 Å². The van der Waals surface area contributed by atoms with Gasteiger partial charge in [0.2, 0.25) is 11.0 Å². The lowest BCUT2D eigenvalue weighted by Crippen LogP contribution is -2.62. The van der Waals surface area contributed by atoms with E-state index in [1.807, 2.05) is 0 Å². The third-order valence-corrected chi connectivity index (χ3v) is 9.33. The van der Waals surface area contributed by atoms with E-state index >= 15 is 0 Å². The molecule has 0 bridgehead atoms. The standard InChI is InChI=1S/C34H30ClN3O8S2/c1-19(39)26-29(35)37(30(26)40)27(31(41)45-18-21-7-13-24(14-8-21)38(43)44)32(48-33(42)34(2,3)4)46-25-15-11-23(12-16-25)28(47)22-9-5-20(17-36)6-10-22/h5-16,19,26,29,39H,18H2,1-4H3/t19-,26-,29-/m1/s1. The Balaban J connectivity index is 1.72. The van der Waals surface area contributed by atoms with Crippen LogP contribution in [-0.4, -0.2) is 48.4 Å². The minimum atomic E-state index is -1.17. The SMILES string of the molecule is C[C@@H](O)[C@H]1C(=O)N(C(C(=O)OCc2ccc([N+](=O)[O-])cc2)=C(Oc2ccc(C(=S)c3ccc(C#N)cc3)cc2)SC(=O)C(C)(C)C)[C@H]1Cl. The minimum absolute atomic E-state index is 0.151. The predicted molar refractivity (Wildman–Crippen MR) is 183 cm³/mol. The van der Waals surface area contributed by atoms with Crippen LogP contribution < -0.4 is 4.74 Å². The summed E-state index contributed by atoms with van der Waals surface area (Å²) in [5.41, 5.74) is -0.370. The molecule has 248 valence electrons. The third kappa shape index (κ3) is 8.26. The zero-order chi connectivity index (χ0) is 35.3. The van der Waals surface area contributed by atoms with Crippen molar-refractivity contribution in [1.82, 2.24) is 4.90 Å². The molecule has 1 heterocycles.